The minimum atomic E-state index is -2.21. The van der Waals surface area contributed by atoms with Crippen LogP contribution in [0.5, 0.6) is 0 Å². The molecule has 76 valence electrons. The van der Waals surface area contributed by atoms with Crippen LogP contribution in [-0.4, -0.2) is 6.61 Å². The molecule has 14 heavy (non-hydrogen) atoms. The first-order valence-corrected chi connectivity index (χ1v) is 5.71. The van der Waals surface area contributed by atoms with Gasteiger partial charge in [0.15, 0.2) is 0 Å². The summed E-state index contributed by atoms with van der Waals surface area (Å²) in [6, 6.07) is 7.28. The van der Waals surface area contributed by atoms with Gasteiger partial charge < -0.3 is 9.05 Å². The Labute approximate surface area is 88.0 Å². The van der Waals surface area contributed by atoms with E-state index in [2.05, 4.69) is 0 Å². The summed E-state index contributed by atoms with van der Waals surface area (Å²) in [5.41, 5.74) is 0.908. The number of halogens is 2. The normalized spacial score (nSPS) is 27.6. The minimum Gasteiger partial charge on any atom is -0.309 e. The molecule has 2 nitrogen and oxygen atoms in total. The summed E-state index contributed by atoms with van der Waals surface area (Å²) in [4.78, 5) is 0. The van der Waals surface area contributed by atoms with E-state index in [1.54, 1.807) is 12.1 Å². The van der Waals surface area contributed by atoms with Gasteiger partial charge in [0.25, 0.3) is 0 Å². The fourth-order valence-electron chi connectivity index (χ4n) is 1.35. The molecule has 0 spiro atoms. The lowest BCUT2D eigenvalue weighted by Crippen LogP contribution is -2.09. The molecule has 1 aromatic carbocycles. The largest absolute Gasteiger partial charge is 0.375 e. The van der Waals surface area contributed by atoms with Gasteiger partial charge in [-0.1, -0.05) is 23.7 Å². The van der Waals surface area contributed by atoms with Gasteiger partial charge >= 0.3 is 8.69 Å². The van der Waals surface area contributed by atoms with Crippen LogP contribution >= 0.6 is 20.3 Å². The number of hydrogen-bond donors (Lipinski definition) is 0. The van der Waals surface area contributed by atoms with Gasteiger partial charge in [-0.05, 0) is 17.7 Å². The van der Waals surface area contributed by atoms with Gasteiger partial charge in [0.1, 0.15) is 0 Å². The van der Waals surface area contributed by atoms with Crippen LogP contribution in [0.25, 0.3) is 0 Å². The first kappa shape index (κ1) is 10.3. The van der Waals surface area contributed by atoms with Gasteiger partial charge in [-0.25, -0.2) is 0 Å². The molecule has 1 fully saturated rings. The Balaban J connectivity index is 2.14. The quantitative estimate of drug-likeness (QED) is 0.684. The molecule has 2 unspecified atom stereocenters. The lowest BCUT2D eigenvalue weighted by Gasteiger charge is -2.24. The molecular formula is C9H9ClFO2P. The zero-order chi connectivity index (χ0) is 9.97. The van der Waals surface area contributed by atoms with Gasteiger partial charge in [0, 0.05) is 11.4 Å². The van der Waals surface area contributed by atoms with Crippen molar-refractivity contribution in [2.75, 3.05) is 6.61 Å². The fraction of sp³-hybridized carbons (Fsp3) is 0.333. The van der Waals surface area contributed by atoms with E-state index in [0.717, 1.165) is 5.56 Å². The molecule has 1 saturated heterocycles. The second-order valence-corrected chi connectivity index (χ2v) is 4.31. The molecule has 1 aromatic rings. The first-order valence-electron chi connectivity index (χ1n) is 4.27. The molecule has 0 amide bonds. The van der Waals surface area contributed by atoms with Crippen molar-refractivity contribution in [3.8, 4) is 0 Å². The maximum atomic E-state index is 12.8. The Kier molecular flexibility index (Phi) is 3.34. The highest BCUT2D eigenvalue weighted by molar-refractivity contribution is 7.41. The Morgan fingerprint density at radius 2 is 2.36 bits per heavy atom. The SMILES string of the molecule is FP1OCCC(c2cccc(Cl)c2)O1. The Morgan fingerprint density at radius 3 is 3.07 bits per heavy atom. The lowest BCUT2D eigenvalue weighted by molar-refractivity contribution is 0.0922. The summed E-state index contributed by atoms with van der Waals surface area (Å²) < 4.78 is 22.6. The van der Waals surface area contributed by atoms with E-state index in [1.807, 2.05) is 12.1 Å². The highest BCUT2D eigenvalue weighted by Gasteiger charge is 2.25. The van der Waals surface area contributed by atoms with Crippen LogP contribution in [0.15, 0.2) is 24.3 Å². The zero-order valence-corrected chi connectivity index (χ0v) is 8.97. The number of benzene rings is 1. The highest BCUT2D eigenvalue weighted by Crippen LogP contribution is 2.49. The van der Waals surface area contributed by atoms with Gasteiger partial charge in [-0.3, -0.25) is 0 Å². The molecule has 0 N–H and O–H groups in total. The molecule has 0 aromatic heterocycles. The van der Waals surface area contributed by atoms with Crippen LogP contribution in [0.3, 0.4) is 0 Å². The summed E-state index contributed by atoms with van der Waals surface area (Å²) in [7, 11) is -2.21. The van der Waals surface area contributed by atoms with Crippen molar-refractivity contribution in [1.82, 2.24) is 0 Å². The molecular weight excluding hydrogens is 226 g/mol. The van der Waals surface area contributed by atoms with E-state index in [1.165, 1.54) is 0 Å². The Hall–Kier alpha value is -0.210. The molecule has 0 bridgehead atoms. The fourth-order valence-corrected chi connectivity index (χ4v) is 2.28. The van der Waals surface area contributed by atoms with Crippen molar-refractivity contribution < 1.29 is 13.2 Å². The molecule has 1 aliphatic rings. The maximum Gasteiger partial charge on any atom is 0.375 e. The van der Waals surface area contributed by atoms with Crippen LogP contribution in [-0.2, 0) is 9.05 Å². The van der Waals surface area contributed by atoms with Crippen LogP contribution in [0.1, 0.15) is 18.1 Å². The van der Waals surface area contributed by atoms with Crippen molar-refractivity contribution in [2.45, 2.75) is 12.5 Å². The monoisotopic (exact) mass is 234 g/mol. The predicted molar refractivity (Wildman–Crippen MR) is 53.9 cm³/mol. The Bertz CT molecular complexity index is 323. The molecule has 0 aliphatic carbocycles. The van der Waals surface area contributed by atoms with E-state index < -0.39 is 8.69 Å². The second-order valence-electron chi connectivity index (χ2n) is 2.98. The molecule has 0 radical (unpaired) electrons. The van der Waals surface area contributed by atoms with E-state index in [4.69, 9.17) is 20.6 Å². The van der Waals surface area contributed by atoms with Gasteiger partial charge in [-0.2, -0.15) is 4.20 Å². The molecule has 1 aliphatic heterocycles. The van der Waals surface area contributed by atoms with Crippen molar-refractivity contribution in [1.29, 1.82) is 0 Å². The van der Waals surface area contributed by atoms with Crippen LogP contribution in [0.2, 0.25) is 5.02 Å². The third-order valence-electron chi connectivity index (χ3n) is 2.00. The van der Waals surface area contributed by atoms with Crippen molar-refractivity contribution in [2.24, 2.45) is 0 Å². The smallest absolute Gasteiger partial charge is 0.309 e. The summed E-state index contributed by atoms with van der Waals surface area (Å²) in [6.07, 6.45) is 0.446. The summed E-state index contributed by atoms with van der Waals surface area (Å²) in [6.45, 7) is 0.402. The average molecular weight is 235 g/mol. The van der Waals surface area contributed by atoms with Crippen molar-refractivity contribution in [3.05, 3.63) is 34.9 Å². The maximum absolute atomic E-state index is 12.8. The number of hydrogen-bond acceptors (Lipinski definition) is 2. The van der Waals surface area contributed by atoms with Crippen LogP contribution < -0.4 is 0 Å². The lowest BCUT2D eigenvalue weighted by atomic mass is 10.1. The molecule has 0 saturated carbocycles. The number of rotatable bonds is 1. The third kappa shape index (κ3) is 2.43. The van der Waals surface area contributed by atoms with Gasteiger partial charge in [0.05, 0.1) is 12.7 Å². The van der Waals surface area contributed by atoms with E-state index in [9.17, 15) is 4.20 Å². The molecule has 2 atom stereocenters. The van der Waals surface area contributed by atoms with Crippen LogP contribution in [0, 0.1) is 0 Å². The minimum absolute atomic E-state index is 0.224. The van der Waals surface area contributed by atoms with Crippen molar-refractivity contribution >= 4 is 20.3 Å². The second kappa shape index (κ2) is 4.54. The first-order chi connectivity index (χ1) is 6.75. The predicted octanol–water partition coefficient (Wildman–Crippen LogP) is 4.01. The molecule has 1 heterocycles. The standard InChI is InChI=1S/C9H9ClFO2P/c10-8-3-1-2-7(6-8)9-4-5-12-14(11)13-9/h1-3,6,9H,4-5H2. The summed E-state index contributed by atoms with van der Waals surface area (Å²) in [5.74, 6) is 0. The van der Waals surface area contributed by atoms with E-state index in [-0.39, 0.29) is 6.10 Å². The summed E-state index contributed by atoms with van der Waals surface area (Å²) in [5, 5.41) is 0.640. The highest BCUT2D eigenvalue weighted by atomic mass is 35.5. The summed E-state index contributed by atoms with van der Waals surface area (Å²) >= 11 is 5.83. The molecule has 5 heteroatoms. The molecule has 2 rings (SSSR count). The van der Waals surface area contributed by atoms with Gasteiger partial charge in [0.2, 0.25) is 0 Å². The Morgan fingerprint density at radius 1 is 1.50 bits per heavy atom. The zero-order valence-electron chi connectivity index (χ0n) is 7.32. The van der Waals surface area contributed by atoms with E-state index in [0.29, 0.717) is 18.1 Å². The topological polar surface area (TPSA) is 18.5 Å². The van der Waals surface area contributed by atoms with Crippen molar-refractivity contribution in [3.63, 3.8) is 0 Å². The van der Waals surface area contributed by atoms with E-state index >= 15 is 0 Å². The van der Waals surface area contributed by atoms with Crippen LogP contribution in [0.4, 0.5) is 4.20 Å². The average Bonchev–Trinajstić information content (AvgIpc) is 2.18. The third-order valence-corrected chi connectivity index (χ3v) is 3.04. The van der Waals surface area contributed by atoms with Gasteiger partial charge in [-0.15, -0.1) is 0 Å².